The summed E-state index contributed by atoms with van der Waals surface area (Å²) in [5.41, 5.74) is 2.11. The summed E-state index contributed by atoms with van der Waals surface area (Å²) in [5, 5.41) is 2.73. The lowest BCUT2D eigenvalue weighted by Gasteiger charge is -2.16. The van der Waals surface area contributed by atoms with E-state index in [0.717, 1.165) is 11.4 Å². The third-order valence-electron chi connectivity index (χ3n) is 6.14. The number of imidazole rings is 1. The maximum absolute atomic E-state index is 14.5. The Balaban J connectivity index is 1.82. The molecule has 0 saturated carbocycles. The summed E-state index contributed by atoms with van der Waals surface area (Å²) in [4.78, 5) is 51.0. The summed E-state index contributed by atoms with van der Waals surface area (Å²) >= 11 is 0. The zero-order valence-corrected chi connectivity index (χ0v) is 23.7. The molecule has 0 spiro atoms. The van der Waals surface area contributed by atoms with Crippen LogP contribution >= 0.6 is 0 Å². The van der Waals surface area contributed by atoms with Crippen LogP contribution in [0.25, 0.3) is 11.0 Å². The number of rotatable bonds is 12. The molecule has 3 aromatic rings. The molecule has 0 radical (unpaired) electrons. The van der Waals surface area contributed by atoms with E-state index in [2.05, 4.69) is 48.0 Å². The Kier molecular flexibility index (Phi) is 10.1. The summed E-state index contributed by atoms with van der Waals surface area (Å²) < 4.78 is 16.1. The van der Waals surface area contributed by atoms with Gasteiger partial charge in [0.05, 0.1) is 24.0 Å². The molecule has 3 aromatic heterocycles. The molecule has 0 aliphatic rings. The Bertz CT molecular complexity index is 1400. The van der Waals surface area contributed by atoms with Crippen molar-refractivity contribution in [1.29, 1.82) is 0 Å². The van der Waals surface area contributed by atoms with Gasteiger partial charge in [-0.3, -0.25) is 19.4 Å². The van der Waals surface area contributed by atoms with Crippen LogP contribution in [0.5, 0.6) is 0 Å². The fourth-order valence-electron chi connectivity index (χ4n) is 4.24. The zero-order valence-electron chi connectivity index (χ0n) is 23.7. The van der Waals surface area contributed by atoms with Crippen LogP contribution in [0.15, 0.2) is 35.3 Å². The molecule has 0 aromatic carbocycles. The number of pyridine rings is 2. The Morgan fingerprint density at radius 3 is 2.54 bits per heavy atom. The van der Waals surface area contributed by atoms with Gasteiger partial charge in [-0.15, -0.1) is 0 Å². The monoisotopic (exact) mass is 538 g/mol. The first-order chi connectivity index (χ1) is 18.5. The minimum Gasteiger partial charge on any atom is -0.345 e. The van der Waals surface area contributed by atoms with Crippen LogP contribution in [0.1, 0.15) is 64.2 Å². The molecule has 3 heterocycles. The van der Waals surface area contributed by atoms with Crippen LogP contribution in [0.2, 0.25) is 0 Å². The van der Waals surface area contributed by atoms with Gasteiger partial charge in [-0.1, -0.05) is 33.8 Å². The minimum atomic E-state index is -0.517. The third kappa shape index (κ3) is 8.08. The first-order valence-electron chi connectivity index (χ1n) is 13.4. The van der Waals surface area contributed by atoms with E-state index >= 15 is 0 Å². The average molecular weight is 539 g/mol. The summed E-state index contributed by atoms with van der Waals surface area (Å²) in [6, 6.07) is 3.47. The molecule has 0 aliphatic heterocycles. The van der Waals surface area contributed by atoms with Gasteiger partial charge in [0.1, 0.15) is 17.0 Å². The molecule has 0 aliphatic carbocycles. The number of unbranched alkanes of at least 4 members (excludes halogenated alkanes) is 1. The second kappa shape index (κ2) is 13.3. The lowest BCUT2D eigenvalue weighted by Crippen LogP contribution is -2.29. The van der Waals surface area contributed by atoms with Gasteiger partial charge in [-0.2, -0.15) is 0 Å². The highest BCUT2D eigenvalue weighted by molar-refractivity contribution is 5.90. The number of likely N-dealkylation sites (N-methyl/N-ethyl adjacent to an activating group) is 1. The summed E-state index contributed by atoms with van der Waals surface area (Å²) in [6.07, 6.45) is 7.05. The number of carbonyl (C=O) groups excluding carboxylic acids is 2. The van der Waals surface area contributed by atoms with Crippen molar-refractivity contribution in [2.75, 3.05) is 19.4 Å². The predicted octanol–water partition coefficient (Wildman–Crippen LogP) is 4.46. The first-order valence-corrected chi connectivity index (χ1v) is 13.4. The number of halogens is 1. The number of anilines is 1. The van der Waals surface area contributed by atoms with Gasteiger partial charge in [0.25, 0.3) is 5.56 Å². The van der Waals surface area contributed by atoms with E-state index in [1.54, 1.807) is 30.8 Å². The van der Waals surface area contributed by atoms with E-state index in [-0.39, 0.29) is 41.5 Å². The predicted molar refractivity (Wildman–Crippen MR) is 151 cm³/mol. The molecule has 39 heavy (non-hydrogen) atoms. The lowest BCUT2D eigenvalue weighted by atomic mass is 10.1. The number of aromatic amines is 1. The quantitative estimate of drug-likeness (QED) is 0.261. The molecular formula is C29H39FN6O3. The number of hydrogen-bond acceptors (Lipinski definition) is 5. The summed E-state index contributed by atoms with van der Waals surface area (Å²) in [5.74, 6) is 0.153. The van der Waals surface area contributed by atoms with Crippen molar-refractivity contribution in [3.8, 4) is 0 Å². The Morgan fingerprint density at radius 1 is 1.15 bits per heavy atom. The van der Waals surface area contributed by atoms with Crippen molar-refractivity contribution < 1.29 is 14.0 Å². The normalized spacial score (nSPS) is 11.7. The van der Waals surface area contributed by atoms with Crippen LogP contribution in [-0.4, -0.2) is 50.3 Å². The van der Waals surface area contributed by atoms with Crippen LogP contribution in [0.3, 0.4) is 0 Å². The zero-order chi connectivity index (χ0) is 28.7. The van der Waals surface area contributed by atoms with Crippen LogP contribution in [0.4, 0.5) is 10.1 Å². The number of fused-ring (bicyclic) bond motifs is 1. The van der Waals surface area contributed by atoms with Crippen molar-refractivity contribution in [3.63, 3.8) is 0 Å². The third-order valence-corrected chi connectivity index (χ3v) is 6.14. The van der Waals surface area contributed by atoms with Crippen molar-refractivity contribution in [1.82, 2.24) is 24.4 Å². The molecular weight excluding hydrogens is 499 g/mol. The maximum Gasteiger partial charge on any atom is 0.274 e. The molecule has 0 unspecified atom stereocenters. The number of aromatic nitrogens is 4. The molecule has 3 rings (SSSR count). The van der Waals surface area contributed by atoms with E-state index in [9.17, 15) is 18.8 Å². The van der Waals surface area contributed by atoms with Gasteiger partial charge in [0.2, 0.25) is 11.8 Å². The number of H-pyrrole nitrogens is 1. The molecule has 210 valence electrons. The first kappa shape index (κ1) is 29.7. The molecule has 0 atom stereocenters. The van der Waals surface area contributed by atoms with E-state index in [0.29, 0.717) is 48.9 Å². The second-order valence-electron chi connectivity index (χ2n) is 10.9. The fourth-order valence-corrected chi connectivity index (χ4v) is 4.24. The largest absolute Gasteiger partial charge is 0.345 e. The smallest absolute Gasteiger partial charge is 0.274 e. The van der Waals surface area contributed by atoms with Crippen molar-refractivity contribution in [2.45, 2.75) is 66.3 Å². The number of allylic oxidation sites excluding steroid dienone is 1. The average Bonchev–Trinajstić information content (AvgIpc) is 3.29. The molecule has 0 fully saturated rings. The SMILES string of the molecule is CC(C)Cc1ncc(F)c2nc(Cn3c(CC(C)C)ccc(NC(=O)CCC/C=C/C(=O)N(C)C)c3=O)[nH]c12. The van der Waals surface area contributed by atoms with Gasteiger partial charge in [0.15, 0.2) is 5.82 Å². The molecule has 2 amide bonds. The van der Waals surface area contributed by atoms with Crippen LogP contribution in [-0.2, 0) is 29.0 Å². The van der Waals surface area contributed by atoms with Crippen LogP contribution < -0.4 is 10.9 Å². The Morgan fingerprint density at radius 2 is 1.87 bits per heavy atom. The highest BCUT2D eigenvalue weighted by Crippen LogP contribution is 2.21. The highest BCUT2D eigenvalue weighted by Gasteiger charge is 2.17. The van der Waals surface area contributed by atoms with Crippen molar-refractivity contribution >= 4 is 28.5 Å². The van der Waals surface area contributed by atoms with E-state index in [4.69, 9.17) is 0 Å². The Labute approximate surface area is 228 Å². The number of nitrogens with one attached hydrogen (secondary N) is 2. The standard InChI is InChI=1S/C29H39FN6O3/c1-18(2)14-20-12-13-22(32-25(37)10-8-7-9-11-26(38)35(5)6)29(39)36(20)17-24-33-27-21(30)16-31-23(15-19(3)4)28(27)34-24/h9,11-13,16,18-19H,7-8,10,14-15,17H2,1-6H3,(H,32,37)(H,33,34)/b11-9+. The van der Waals surface area contributed by atoms with Gasteiger partial charge in [-0.05, 0) is 55.7 Å². The van der Waals surface area contributed by atoms with Gasteiger partial charge >= 0.3 is 0 Å². The number of carbonyl (C=O) groups is 2. The summed E-state index contributed by atoms with van der Waals surface area (Å²) in [6.45, 7) is 8.35. The van der Waals surface area contributed by atoms with E-state index < -0.39 is 5.82 Å². The highest BCUT2D eigenvalue weighted by atomic mass is 19.1. The van der Waals surface area contributed by atoms with Gasteiger partial charge < -0.3 is 19.8 Å². The molecule has 10 heteroatoms. The maximum atomic E-state index is 14.5. The number of nitrogens with zero attached hydrogens (tertiary/aromatic N) is 4. The van der Waals surface area contributed by atoms with Gasteiger partial charge in [0, 0.05) is 26.2 Å². The molecule has 9 nitrogen and oxygen atoms in total. The van der Waals surface area contributed by atoms with Gasteiger partial charge in [-0.25, -0.2) is 9.37 Å². The molecule has 0 saturated heterocycles. The van der Waals surface area contributed by atoms with E-state index in [1.165, 1.54) is 17.2 Å². The Hall–Kier alpha value is -3.82. The second-order valence-corrected chi connectivity index (χ2v) is 10.9. The van der Waals surface area contributed by atoms with E-state index in [1.807, 2.05) is 6.07 Å². The lowest BCUT2D eigenvalue weighted by molar-refractivity contribution is -0.123. The number of hydrogen-bond donors (Lipinski definition) is 2. The molecule has 0 bridgehead atoms. The topological polar surface area (TPSA) is 113 Å². The fraction of sp³-hybridized carbons (Fsp3) is 0.483. The number of amides is 2. The van der Waals surface area contributed by atoms with Crippen LogP contribution in [0, 0.1) is 17.7 Å². The minimum absolute atomic E-state index is 0.102. The summed E-state index contributed by atoms with van der Waals surface area (Å²) in [7, 11) is 3.35. The van der Waals surface area contributed by atoms with Crippen molar-refractivity contribution in [3.05, 3.63) is 63.9 Å². The molecule has 2 N–H and O–H groups in total. The van der Waals surface area contributed by atoms with Crippen molar-refractivity contribution in [2.24, 2.45) is 11.8 Å².